The van der Waals surface area contributed by atoms with E-state index in [9.17, 15) is 8.42 Å². The molecular weight excluding hydrogens is 300 g/mol. The summed E-state index contributed by atoms with van der Waals surface area (Å²) in [5, 5.41) is 3.53. The van der Waals surface area contributed by atoms with Gasteiger partial charge in [-0.3, -0.25) is 0 Å². The van der Waals surface area contributed by atoms with Crippen LogP contribution in [0.1, 0.15) is 31.7 Å². The molecule has 1 aromatic rings. The van der Waals surface area contributed by atoms with Gasteiger partial charge < -0.3 is 10.1 Å². The minimum absolute atomic E-state index is 0.131. The van der Waals surface area contributed by atoms with Gasteiger partial charge in [0.1, 0.15) is 11.9 Å². The lowest BCUT2D eigenvalue weighted by Crippen LogP contribution is -2.39. The van der Waals surface area contributed by atoms with Crippen molar-refractivity contribution in [1.29, 1.82) is 0 Å². The van der Waals surface area contributed by atoms with Crippen molar-refractivity contribution in [2.45, 2.75) is 55.7 Å². The third-order valence-electron chi connectivity index (χ3n) is 4.99. The van der Waals surface area contributed by atoms with Crippen molar-refractivity contribution in [3.8, 4) is 5.75 Å². The Hall–Kier alpha value is -1.11. The third kappa shape index (κ3) is 2.43. The Bertz CT molecular complexity index is 689. The monoisotopic (exact) mass is 322 g/mol. The fourth-order valence-electron chi connectivity index (χ4n) is 3.84. The van der Waals surface area contributed by atoms with Gasteiger partial charge in [-0.15, -0.1) is 0 Å². The van der Waals surface area contributed by atoms with Crippen molar-refractivity contribution in [3.63, 3.8) is 0 Å². The first-order chi connectivity index (χ1) is 10.5. The maximum Gasteiger partial charge on any atom is 0.243 e. The van der Waals surface area contributed by atoms with Crippen LogP contribution in [0.4, 0.5) is 0 Å². The highest BCUT2D eigenvalue weighted by molar-refractivity contribution is 7.89. The normalized spacial score (nSPS) is 31.6. The first-order valence-corrected chi connectivity index (χ1v) is 9.52. The molecule has 4 rings (SSSR count). The van der Waals surface area contributed by atoms with Crippen LogP contribution in [-0.4, -0.2) is 44.0 Å². The quantitative estimate of drug-likeness (QED) is 0.897. The molecule has 22 heavy (non-hydrogen) atoms. The molecule has 5 nitrogen and oxygen atoms in total. The summed E-state index contributed by atoms with van der Waals surface area (Å²) < 4.78 is 33.2. The van der Waals surface area contributed by atoms with E-state index in [1.807, 2.05) is 6.92 Å². The van der Waals surface area contributed by atoms with Crippen molar-refractivity contribution in [1.82, 2.24) is 9.62 Å². The Morgan fingerprint density at radius 3 is 2.91 bits per heavy atom. The summed E-state index contributed by atoms with van der Waals surface area (Å²) in [7, 11) is -3.41. The highest BCUT2D eigenvalue weighted by atomic mass is 32.2. The fraction of sp³-hybridized carbons (Fsp3) is 0.625. The minimum Gasteiger partial charge on any atom is -0.490 e. The van der Waals surface area contributed by atoms with E-state index in [0.717, 1.165) is 30.6 Å². The second-order valence-corrected chi connectivity index (χ2v) is 8.63. The van der Waals surface area contributed by atoms with Crippen LogP contribution in [0.3, 0.4) is 0 Å². The van der Waals surface area contributed by atoms with Crippen LogP contribution in [0, 0.1) is 0 Å². The molecule has 0 aliphatic carbocycles. The molecule has 3 unspecified atom stereocenters. The number of nitrogens with zero attached hydrogens (tertiary/aromatic N) is 1. The van der Waals surface area contributed by atoms with Crippen LogP contribution in [-0.2, 0) is 16.4 Å². The van der Waals surface area contributed by atoms with Gasteiger partial charge in [0.25, 0.3) is 0 Å². The maximum absolute atomic E-state index is 13.0. The van der Waals surface area contributed by atoms with Gasteiger partial charge in [-0.1, -0.05) is 0 Å². The van der Waals surface area contributed by atoms with Crippen LogP contribution < -0.4 is 10.1 Å². The third-order valence-corrected chi connectivity index (χ3v) is 6.85. The number of fused-ring (bicyclic) bond motifs is 3. The lowest BCUT2D eigenvalue weighted by molar-refractivity contribution is 0.254. The molecule has 2 bridgehead atoms. The zero-order valence-electron chi connectivity index (χ0n) is 12.8. The van der Waals surface area contributed by atoms with Crippen LogP contribution in [0.5, 0.6) is 5.75 Å². The highest BCUT2D eigenvalue weighted by Gasteiger charge is 2.35. The number of nitrogens with one attached hydrogen (secondary N) is 1. The summed E-state index contributed by atoms with van der Waals surface area (Å²) in [6, 6.07) is 6.07. The van der Waals surface area contributed by atoms with E-state index in [1.165, 1.54) is 6.42 Å². The van der Waals surface area contributed by atoms with E-state index in [-0.39, 0.29) is 6.10 Å². The van der Waals surface area contributed by atoms with E-state index >= 15 is 0 Å². The zero-order valence-corrected chi connectivity index (χ0v) is 13.6. The van der Waals surface area contributed by atoms with Gasteiger partial charge >= 0.3 is 0 Å². The van der Waals surface area contributed by atoms with Gasteiger partial charge in [0.15, 0.2) is 0 Å². The van der Waals surface area contributed by atoms with Crippen molar-refractivity contribution in [3.05, 3.63) is 23.8 Å². The molecule has 120 valence electrons. The average Bonchev–Trinajstić information content (AvgIpc) is 2.98. The second-order valence-electron chi connectivity index (χ2n) is 6.69. The predicted molar refractivity (Wildman–Crippen MR) is 83.6 cm³/mol. The van der Waals surface area contributed by atoms with Crippen molar-refractivity contribution < 1.29 is 13.2 Å². The predicted octanol–water partition coefficient (Wildman–Crippen LogP) is 1.52. The zero-order chi connectivity index (χ0) is 15.3. The molecule has 0 saturated carbocycles. The first-order valence-electron chi connectivity index (χ1n) is 8.08. The lowest BCUT2D eigenvalue weighted by Gasteiger charge is -2.23. The van der Waals surface area contributed by atoms with Crippen molar-refractivity contribution in [2.75, 3.05) is 13.1 Å². The number of hydrogen-bond acceptors (Lipinski definition) is 4. The number of benzene rings is 1. The molecule has 0 radical (unpaired) electrons. The van der Waals surface area contributed by atoms with Crippen LogP contribution >= 0.6 is 0 Å². The summed E-state index contributed by atoms with van der Waals surface area (Å²) in [5.41, 5.74) is 1.00. The summed E-state index contributed by atoms with van der Waals surface area (Å²) in [4.78, 5) is 0.404. The van der Waals surface area contributed by atoms with Gasteiger partial charge in [0.05, 0.1) is 4.90 Å². The average molecular weight is 322 g/mol. The Labute approximate surface area is 131 Å². The molecule has 6 heteroatoms. The van der Waals surface area contributed by atoms with Gasteiger partial charge in [-0.05, 0) is 49.9 Å². The maximum atomic E-state index is 13.0. The fourth-order valence-corrected chi connectivity index (χ4v) is 5.39. The molecule has 1 N–H and O–H groups in total. The molecule has 0 aromatic heterocycles. The Morgan fingerprint density at radius 2 is 2.05 bits per heavy atom. The van der Waals surface area contributed by atoms with Gasteiger partial charge in [-0.25, -0.2) is 8.42 Å². The summed E-state index contributed by atoms with van der Waals surface area (Å²) in [6.45, 7) is 3.20. The Balaban J connectivity index is 1.62. The lowest BCUT2D eigenvalue weighted by atomic mass is 10.1. The van der Waals surface area contributed by atoms with Gasteiger partial charge in [0.2, 0.25) is 10.0 Å². The van der Waals surface area contributed by atoms with Gasteiger partial charge in [-0.2, -0.15) is 4.31 Å². The molecule has 3 aliphatic heterocycles. The topological polar surface area (TPSA) is 58.6 Å². The van der Waals surface area contributed by atoms with Crippen molar-refractivity contribution >= 4 is 10.0 Å². The number of hydrogen-bond donors (Lipinski definition) is 1. The molecular formula is C16H22N2O3S. The van der Waals surface area contributed by atoms with Crippen LogP contribution in [0.15, 0.2) is 23.1 Å². The molecule has 3 atom stereocenters. The van der Waals surface area contributed by atoms with Gasteiger partial charge in [0, 0.05) is 31.6 Å². The van der Waals surface area contributed by atoms with Crippen molar-refractivity contribution in [2.24, 2.45) is 0 Å². The molecule has 3 heterocycles. The van der Waals surface area contributed by atoms with E-state index in [2.05, 4.69) is 5.32 Å². The molecule has 1 aromatic carbocycles. The molecule has 2 saturated heterocycles. The molecule has 2 fully saturated rings. The standard InChI is InChI=1S/C16H22N2O3S/c1-11-8-12-9-15(4-5-16(12)21-11)22(19,20)18-7-6-13-2-3-14(10-18)17-13/h4-5,9,11,13-14,17H,2-3,6-8,10H2,1H3. The van der Waals surface area contributed by atoms with E-state index < -0.39 is 10.0 Å². The number of rotatable bonds is 2. The number of ether oxygens (including phenoxy) is 1. The summed E-state index contributed by atoms with van der Waals surface area (Å²) in [6.07, 6.45) is 4.07. The first kappa shape index (κ1) is 14.5. The smallest absolute Gasteiger partial charge is 0.243 e. The summed E-state index contributed by atoms with van der Waals surface area (Å²) in [5.74, 6) is 0.822. The minimum atomic E-state index is -3.41. The van der Waals surface area contributed by atoms with E-state index in [4.69, 9.17) is 4.74 Å². The summed E-state index contributed by atoms with van der Waals surface area (Å²) >= 11 is 0. The molecule has 0 amide bonds. The number of sulfonamides is 1. The SMILES string of the molecule is CC1Cc2cc(S(=O)(=O)N3CCC4CCC(C3)N4)ccc2O1. The highest BCUT2D eigenvalue weighted by Crippen LogP contribution is 2.32. The Kier molecular flexibility index (Phi) is 3.43. The van der Waals surface area contributed by atoms with Crippen LogP contribution in [0.2, 0.25) is 0 Å². The largest absolute Gasteiger partial charge is 0.490 e. The molecule has 0 spiro atoms. The van der Waals surface area contributed by atoms with E-state index in [0.29, 0.717) is 30.1 Å². The van der Waals surface area contributed by atoms with Crippen LogP contribution in [0.25, 0.3) is 0 Å². The van der Waals surface area contributed by atoms with E-state index in [1.54, 1.807) is 22.5 Å². The Morgan fingerprint density at radius 1 is 1.23 bits per heavy atom. The second kappa shape index (κ2) is 5.22. The molecule has 3 aliphatic rings.